The molecule has 4 aromatic rings. The van der Waals surface area contributed by atoms with Gasteiger partial charge in [-0.1, -0.05) is 24.3 Å². The van der Waals surface area contributed by atoms with Crippen LogP contribution in [0.15, 0.2) is 57.4 Å². The maximum Gasteiger partial charge on any atom is 0.176 e. The number of hydrogen-bond acceptors (Lipinski definition) is 9. The van der Waals surface area contributed by atoms with Crippen molar-refractivity contribution in [2.45, 2.75) is 6.10 Å². The summed E-state index contributed by atoms with van der Waals surface area (Å²) < 4.78 is 35.1. The van der Waals surface area contributed by atoms with E-state index < -0.39 is 6.10 Å². The van der Waals surface area contributed by atoms with Gasteiger partial charge in [0, 0.05) is 50.0 Å². The summed E-state index contributed by atoms with van der Waals surface area (Å²) in [7, 11) is 0. The minimum atomic E-state index is -1.06. The number of nitrogens with zero attached hydrogens (tertiary/aromatic N) is 2. The number of para-hydroxylation sites is 2. The molecule has 0 bridgehead atoms. The average molecular weight is 523 g/mol. The van der Waals surface area contributed by atoms with Gasteiger partial charge in [0.15, 0.2) is 28.8 Å². The van der Waals surface area contributed by atoms with E-state index in [9.17, 15) is 5.11 Å². The average Bonchev–Trinajstić information content (AvgIpc) is 3.60. The number of fused-ring (bicyclic) bond motifs is 2. The Hall–Kier alpha value is -3.08. The summed E-state index contributed by atoms with van der Waals surface area (Å²) in [4.78, 5) is 4.65. The van der Waals surface area contributed by atoms with Crippen LogP contribution in [0.1, 0.15) is 17.6 Å². The van der Waals surface area contributed by atoms with Gasteiger partial charge in [0.05, 0.1) is 26.4 Å². The highest BCUT2D eigenvalue weighted by molar-refractivity contribution is 5.85. The molecule has 0 spiro atoms. The van der Waals surface area contributed by atoms with Crippen LogP contribution in [0.25, 0.3) is 21.9 Å². The molecule has 202 valence electrons. The number of furan rings is 2. The van der Waals surface area contributed by atoms with Gasteiger partial charge in [-0.25, -0.2) is 0 Å². The zero-order valence-corrected chi connectivity index (χ0v) is 21.5. The van der Waals surface area contributed by atoms with Gasteiger partial charge in [0.25, 0.3) is 0 Å². The molecule has 2 aliphatic rings. The van der Waals surface area contributed by atoms with Gasteiger partial charge in [0.1, 0.15) is 24.7 Å². The van der Waals surface area contributed by atoms with E-state index in [1.165, 1.54) is 0 Å². The van der Waals surface area contributed by atoms with Gasteiger partial charge in [-0.3, -0.25) is 9.80 Å². The number of aliphatic hydroxyl groups excluding tert-OH is 1. The summed E-state index contributed by atoms with van der Waals surface area (Å²) in [6.45, 7) is 9.48. The Kier molecular flexibility index (Phi) is 7.80. The Labute approximate surface area is 221 Å². The molecule has 2 aromatic carbocycles. The maximum atomic E-state index is 11.2. The van der Waals surface area contributed by atoms with Gasteiger partial charge in [-0.15, -0.1) is 0 Å². The van der Waals surface area contributed by atoms with Gasteiger partial charge < -0.3 is 32.9 Å². The molecule has 2 aromatic heterocycles. The van der Waals surface area contributed by atoms with E-state index in [-0.39, 0.29) is 0 Å². The molecule has 6 rings (SSSR count). The van der Waals surface area contributed by atoms with Crippen molar-refractivity contribution in [3.05, 3.63) is 60.1 Å². The number of rotatable bonds is 10. The van der Waals surface area contributed by atoms with Crippen LogP contribution < -0.4 is 9.47 Å². The van der Waals surface area contributed by atoms with Crippen LogP contribution in [0.2, 0.25) is 0 Å². The number of aliphatic hydroxyl groups is 1. The third kappa shape index (κ3) is 5.67. The van der Waals surface area contributed by atoms with Crippen molar-refractivity contribution in [3.63, 3.8) is 0 Å². The number of ether oxygens (including phenoxy) is 4. The van der Waals surface area contributed by atoms with Crippen LogP contribution in [-0.2, 0) is 9.47 Å². The molecule has 1 N–H and O–H groups in total. The Morgan fingerprint density at radius 1 is 0.684 bits per heavy atom. The lowest BCUT2D eigenvalue weighted by atomic mass is 10.1. The molecule has 9 nitrogen and oxygen atoms in total. The summed E-state index contributed by atoms with van der Waals surface area (Å²) in [6, 6.07) is 15.2. The van der Waals surface area contributed by atoms with E-state index >= 15 is 0 Å². The van der Waals surface area contributed by atoms with Crippen LogP contribution in [0, 0.1) is 0 Å². The van der Waals surface area contributed by atoms with E-state index in [4.69, 9.17) is 27.8 Å². The summed E-state index contributed by atoms with van der Waals surface area (Å²) in [5.41, 5.74) is 1.23. The third-order valence-electron chi connectivity index (χ3n) is 7.13. The van der Waals surface area contributed by atoms with Crippen molar-refractivity contribution in [1.82, 2.24) is 9.80 Å². The molecule has 0 amide bonds. The summed E-state index contributed by atoms with van der Waals surface area (Å²) in [5.74, 6) is 2.13. The smallest absolute Gasteiger partial charge is 0.176 e. The minimum Gasteiger partial charge on any atom is -0.488 e. The Morgan fingerprint density at radius 2 is 1.13 bits per heavy atom. The van der Waals surface area contributed by atoms with E-state index in [0.29, 0.717) is 47.4 Å². The standard InChI is InChI=1S/C29H34N2O7/c32-27(25-19-21-3-1-5-23(28(21)37-25)35-17-11-30-7-13-33-14-8-30)26-20-22-4-2-6-24(29(22)38-26)36-18-12-31-9-15-34-16-10-31/h1-6,19-20,27,32H,7-18H2. The second kappa shape index (κ2) is 11.8. The van der Waals surface area contributed by atoms with Crippen molar-refractivity contribution in [1.29, 1.82) is 0 Å². The summed E-state index contributed by atoms with van der Waals surface area (Å²) >= 11 is 0. The zero-order chi connectivity index (χ0) is 25.7. The van der Waals surface area contributed by atoms with Crippen molar-refractivity contribution < 1.29 is 32.9 Å². The molecular weight excluding hydrogens is 488 g/mol. The first-order valence-electron chi connectivity index (χ1n) is 13.3. The molecule has 0 radical (unpaired) electrons. The quantitative estimate of drug-likeness (QED) is 0.335. The topological polar surface area (TPSA) is 89.9 Å². The highest BCUT2D eigenvalue weighted by Gasteiger charge is 2.22. The minimum absolute atomic E-state index is 0.401. The molecule has 0 unspecified atom stereocenters. The molecular formula is C29H34N2O7. The van der Waals surface area contributed by atoms with Crippen LogP contribution in [0.3, 0.4) is 0 Å². The van der Waals surface area contributed by atoms with Crippen molar-refractivity contribution in [2.24, 2.45) is 0 Å². The largest absolute Gasteiger partial charge is 0.488 e. The summed E-state index contributed by atoms with van der Waals surface area (Å²) in [5, 5.41) is 12.9. The van der Waals surface area contributed by atoms with Crippen LogP contribution in [-0.4, -0.2) is 93.8 Å². The molecule has 38 heavy (non-hydrogen) atoms. The maximum absolute atomic E-state index is 11.2. The predicted octanol–water partition coefficient (Wildman–Crippen LogP) is 3.68. The fourth-order valence-corrected chi connectivity index (χ4v) is 4.97. The lowest BCUT2D eigenvalue weighted by Crippen LogP contribution is -2.38. The Morgan fingerprint density at radius 3 is 1.58 bits per heavy atom. The fraction of sp³-hybridized carbons (Fsp3) is 0.448. The van der Waals surface area contributed by atoms with Gasteiger partial charge in [-0.2, -0.15) is 0 Å². The first-order chi connectivity index (χ1) is 18.7. The molecule has 0 saturated carbocycles. The second-order valence-corrected chi connectivity index (χ2v) is 9.65. The zero-order valence-electron chi connectivity index (χ0n) is 21.5. The second-order valence-electron chi connectivity index (χ2n) is 9.65. The molecule has 0 aliphatic carbocycles. The summed E-state index contributed by atoms with van der Waals surface area (Å²) in [6.07, 6.45) is -1.06. The van der Waals surface area contributed by atoms with Crippen molar-refractivity contribution >= 4 is 21.9 Å². The lowest BCUT2D eigenvalue weighted by Gasteiger charge is -2.26. The van der Waals surface area contributed by atoms with Gasteiger partial charge in [0.2, 0.25) is 0 Å². The number of hydrogen-bond donors (Lipinski definition) is 1. The van der Waals surface area contributed by atoms with Crippen LogP contribution >= 0.6 is 0 Å². The normalized spacial score (nSPS) is 17.5. The third-order valence-corrected chi connectivity index (χ3v) is 7.13. The molecule has 0 atom stereocenters. The SMILES string of the molecule is OC(c1cc2cccc(OCCN3CCOCC3)c2o1)c1cc2cccc(OCCN3CCOCC3)c2o1. The Bertz CT molecular complexity index is 1240. The first-order valence-corrected chi connectivity index (χ1v) is 13.3. The monoisotopic (exact) mass is 522 g/mol. The Balaban J connectivity index is 1.14. The molecule has 2 saturated heterocycles. The first kappa shape index (κ1) is 25.2. The van der Waals surface area contributed by atoms with Crippen LogP contribution in [0.4, 0.5) is 0 Å². The van der Waals surface area contributed by atoms with Gasteiger partial charge in [-0.05, 0) is 24.3 Å². The van der Waals surface area contributed by atoms with E-state index in [1.807, 2.05) is 48.5 Å². The fourth-order valence-electron chi connectivity index (χ4n) is 4.97. The molecule has 9 heteroatoms. The number of morpholine rings is 2. The highest BCUT2D eigenvalue weighted by atomic mass is 16.5. The number of benzene rings is 2. The van der Waals surface area contributed by atoms with Crippen molar-refractivity contribution in [3.8, 4) is 11.5 Å². The van der Waals surface area contributed by atoms with Gasteiger partial charge >= 0.3 is 0 Å². The van der Waals surface area contributed by atoms with Crippen molar-refractivity contribution in [2.75, 3.05) is 78.9 Å². The van der Waals surface area contributed by atoms with E-state index in [1.54, 1.807) is 0 Å². The van der Waals surface area contributed by atoms with Crippen LogP contribution in [0.5, 0.6) is 11.5 Å². The van der Waals surface area contributed by atoms with E-state index in [2.05, 4.69) is 9.80 Å². The van der Waals surface area contributed by atoms with E-state index in [0.717, 1.165) is 76.5 Å². The highest BCUT2D eigenvalue weighted by Crippen LogP contribution is 2.37. The molecule has 2 aliphatic heterocycles. The molecule has 4 heterocycles. The predicted molar refractivity (Wildman–Crippen MR) is 142 cm³/mol. The lowest BCUT2D eigenvalue weighted by molar-refractivity contribution is 0.0322. The molecule has 2 fully saturated rings.